The van der Waals surface area contributed by atoms with Gasteiger partial charge >= 0.3 is 0 Å². The van der Waals surface area contributed by atoms with Crippen molar-refractivity contribution >= 4 is 38.0 Å². The molecule has 2 heterocycles. The number of anilines is 1. The first kappa shape index (κ1) is 15.8. The van der Waals surface area contributed by atoms with E-state index in [9.17, 15) is 8.42 Å². The SMILES string of the molecule is CC(C)Oc1nn(C)c2ccc(NS(=O)(=O)c3cccs3)cc12. The number of aryl methyl sites for hydroxylation is 1. The normalized spacial score (nSPS) is 12.0. The third-order valence-corrected chi connectivity index (χ3v) is 5.95. The first-order valence-electron chi connectivity index (χ1n) is 7.06. The molecular formula is C15H17N3O3S2. The number of rotatable bonds is 5. The molecule has 23 heavy (non-hydrogen) atoms. The van der Waals surface area contributed by atoms with Crippen molar-refractivity contribution < 1.29 is 13.2 Å². The Balaban J connectivity index is 1.99. The van der Waals surface area contributed by atoms with Gasteiger partial charge in [0.05, 0.1) is 17.0 Å². The number of sulfonamides is 1. The van der Waals surface area contributed by atoms with Gasteiger partial charge in [0.25, 0.3) is 10.0 Å². The number of nitrogens with one attached hydrogen (secondary N) is 1. The Morgan fingerprint density at radius 1 is 1.30 bits per heavy atom. The van der Waals surface area contributed by atoms with Gasteiger partial charge in [-0.3, -0.25) is 9.40 Å². The molecule has 0 saturated heterocycles. The molecule has 3 aromatic rings. The molecule has 1 aromatic carbocycles. The summed E-state index contributed by atoms with van der Waals surface area (Å²) in [4.78, 5) is 0. The van der Waals surface area contributed by atoms with Crippen LogP contribution in [-0.2, 0) is 17.1 Å². The van der Waals surface area contributed by atoms with E-state index >= 15 is 0 Å². The number of ether oxygens (including phenoxy) is 1. The van der Waals surface area contributed by atoms with Gasteiger partial charge in [-0.15, -0.1) is 16.4 Å². The summed E-state index contributed by atoms with van der Waals surface area (Å²) < 4.78 is 34.9. The van der Waals surface area contributed by atoms with Gasteiger partial charge in [0.1, 0.15) is 4.21 Å². The predicted octanol–water partition coefficient (Wildman–Crippen LogP) is 3.22. The van der Waals surface area contributed by atoms with Crippen LogP contribution in [0.15, 0.2) is 39.9 Å². The van der Waals surface area contributed by atoms with Crippen molar-refractivity contribution in [1.29, 1.82) is 0 Å². The largest absolute Gasteiger partial charge is 0.473 e. The van der Waals surface area contributed by atoms with Gasteiger partial charge in [0.15, 0.2) is 0 Å². The van der Waals surface area contributed by atoms with Crippen molar-refractivity contribution in [2.45, 2.75) is 24.2 Å². The topological polar surface area (TPSA) is 73.2 Å². The van der Waals surface area contributed by atoms with E-state index in [4.69, 9.17) is 4.74 Å². The maximum Gasteiger partial charge on any atom is 0.271 e. The van der Waals surface area contributed by atoms with E-state index in [0.717, 1.165) is 10.9 Å². The van der Waals surface area contributed by atoms with Crippen LogP contribution >= 0.6 is 11.3 Å². The van der Waals surface area contributed by atoms with E-state index in [2.05, 4.69) is 9.82 Å². The fraction of sp³-hybridized carbons (Fsp3) is 0.267. The van der Waals surface area contributed by atoms with Crippen molar-refractivity contribution in [2.75, 3.05) is 4.72 Å². The molecule has 122 valence electrons. The lowest BCUT2D eigenvalue weighted by atomic mass is 10.2. The van der Waals surface area contributed by atoms with Crippen molar-refractivity contribution in [3.05, 3.63) is 35.7 Å². The van der Waals surface area contributed by atoms with Gasteiger partial charge in [0.2, 0.25) is 5.88 Å². The van der Waals surface area contributed by atoms with Crippen LogP contribution in [0.2, 0.25) is 0 Å². The highest BCUT2D eigenvalue weighted by atomic mass is 32.2. The molecule has 6 nitrogen and oxygen atoms in total. The van der Waals surface area contributed by atoms with Crippen LogP contribution < -0.4 is 9.46 Å². The van der Waals surface area contributed by atoms with Crippen LogP contribution in [0.5, 0.6) is 5.88 Å². The van der Waals surface area contributed by atoms with E-state index in [0.29, 0.717) is 11.6 Å². The van der Waals surface area contributed by atoms with Crippen LogP contribution in [0, 0.1) is 0 Å². The standard InChI is InChI=1S/C15H17N3O3S2/c1-10(2)21-15-12-9-11(6-7-13(12)18(3)16-15)17-23(19,20)14-5-4-8-22-14/h4-10,17H,1-3H3. The quantitative estimate of drug-likeness (QED) is 0.766. The summed E-state index contributed by atoms with van der Waals surface area (Å²) in [7, 11) is -1.74. The second-order valence-corrected chi connectivity index (χ2v) is 8.22. The predicted molar refractivity (Wildman–Crippen MR) is 91.6 cm³/mol. The fourth-order valence-corrected chi connectivity index (χ4v) is 4.27. The van der Waals surface area contributed by atoms with Crippen LogP contribution in [-0.4, -0.2) is 24.3 Å². The highest BCUT2D eigenvalue weighted by molar-refractivity contribution is 7.94. The van der Waals surface area contributed by atoms with E-state index in [1.54, 1.807) is 34.3 Å². The number of thiophene rings is 1. The van der Waals surface area contributed by atoms with Crippen LogP contribution in [0.4, 0.5) is 5.69 Å². The minimum Gasteiger partial charge on any atom is -0.473 e. The van der Waals surface area contributed by atoms with Crippen LogP contribution in [0.3, 0.4) is 0 Å². The molecule has 3 rings (SSSR count). The molecule has 0 aliphatic carbocycles. The summed E-state index contributed by atoms with van der Waals surface area (Å²) in [6, 6.07) is 8.56. The molecule has 0 amide bonds. The number of fused-ring (bicyclic) bond motifs is 1. The minimum atomic E-state index is -3.57. The zero-order chi connectivity index (χ0) is 16.6. The summed E-state index contributed by atoms with van der Waals surface area (Å²) in [5.41, 5.74) is 1.35. The summed E-state index contributed by atoms with van der Waals surface area (Å²) in [5.74, 6) is 0.495. The molecule has 0 radical (unpaired) electrons. The van der Waals surface area contributed by atoms with Crippen molar-refractivity contribution in [1.82, 2.24) is 9.78 Å². The van der Waals surface area contributed by atoms with Crippen LogP contribution in [0.25, 0.3) is 10.9 Å². The lowest BCUT2D eigenvalue weighted by molar-refractivity contribution is 0.233. The Hall–Kier alpha value is -2.06. The lowest BCUT2D eigenvalue weighted by Crippen LogP contribution is -2.11. The smallest absolute Gasteiger partial charge is 0.271 e. The second kappa shape index (κ2) is 5.86. The van der Waals surface area contributed by atoms with Gasteiger partial charge in [0, 0.05) is 12.7 Å². The summed E-state index contributed by atoms with van der Waals surface area (Å²) in [6.45, 7) is 3.84. The Bertz CT molecular complexity index is 928. The Morgan fingerprint density at radius 2 is 2.09 bits per heavy atom. The zero-order valence-corrected chi connectivity index (χ0v) is 14.6. The Labute approximate surface area is 138 Å². The maximum atomic E-state index is 12.3. The van der Waals surface area contributed by atoms with E-state index in [1.165, 1.54) is 11.3 Å². The molecule has 2 aromatic heterocycles. The molecule has 0 unspecified atom stereocenters. The molecule has 0 saturated carbocycles. The number of nitrogens with zero attached hydrogens (tertiary/aromatic N) is 2. The van der Waals surface area contributed by atoms with Crippen molar-refractivity contribution in [3.8, 4) is 5.88 Å². The Morgan fingerprint density at radius 3 is 2.74 bits per heavy atom. The van der Waals surface area contributed by atoms with Gasteiger partial charge in [-0.1, -0.05) is 6.07 Å². The fourth-order valence-electron chi connectivity index (χ4n) is 2.23. The molecule has 1 N–H and O–H groups in total. The van der Waals surface area contributed by atoms with Crippen LogP contribution in [0.1, 0.15) is 13.8 Å². The monoisotopic (exact) mass is 351 g/mol. The molecule has 0 fully saturated rings. The first-order valence-corrected chi connectivity index (χ1v) is 9.43. The Kier molecular flexibility index (Phi) is 4.03. The van der Waals surface area contributed by atoms with Crippen molar-refractivity contribution in [2.24, 2.45) is 7.05 Å². The minimum absolute atomic E-state index is 0.0143. The van der Waals surface area contributed by atoms with E-state index < -0.39 is 10.0 Å². The molecule has 0 atom stereocenters. The van der Waals surface area contributed by atoms with Gasteiger partial charge in [-0.25, -0.2) is 8.42 Å². The van der Waals surface area contributed by atoms with E-state index in [1.807, 2.05) is 27.0 Å². The molecule has 0 aliphatic heterocycles. The number of hydrogen-bond acceptors (Lipinski definition) is 5. The highest BCUT2D eigenvalue weighted by Gasteiger charge is 2.17. The van der Waals surface area contributed by atoms with E-state index in [-0.39, 0.29) is 10.3 Å². The maximum absolute atomic E-state index is 12.3. The molecule has 8 heteroatoms. The van der Waals surface area contributed by atoms with Gasteiger partial charge in [-0.2, -0.15) is 0 Å². The zero-order valence-electron chi connectivity index (χ0n) is 13.0. The van der Waals surface area contributed by atoms with Gasteiger partial charge in [-0.05, 0) is 43.5 Å². The summed E-state index contributed by atoms with van der Waals surface area (Å²) in [5, 5.41) is 6.84. The van der Waals surface area contributed by atoms with Gasteiger partial charge < -0.3 is 4.74 Å². The molecule has 0 spiro atoms. The number of hydrogen-bond donors (Lipinski definition) is 1. The first-order chi connectivity index (χ1) is 10.9. The number of benzene rings is 1. The lowest BCUT2D eigenvalue weighted by Gasteiger charge is -2.08. The third-order valence-electron chi connectivity index (χ3n) is 3.18. The second-order valence-electron chi connectivity index (χ2n) is 5.36. The number of aromatic nitrogens is 2. The third kappa shape index (κ3) is 3.18. The highest BCUT2D eigenvalue weighted by Crippen LogP contribution is 2.29. The average Bonchev–Trinajstić information content (AvgIpc) is 3.08. The molecule has 0 aliphatic rings. The molecular weight excluding hydrogens is 334 g/mol. The van der Waals surface area contributed by atoms with Crippen molar-refractivity contribution in [3.63, 3.8) is 0 Å². The molecule has 0 bridgehead atoms. The average molecular weight is 351 g/mol. The summed E-state index contributed by atoms with van der Waals surface area (Å²) in [6.07, 6.45) is -0.0143. The summed E-state index contributed by atoms with van der Waals surface area (Å²) >= 11 is 1.18.